The molecule has 22 heteroatoms. The third-order valence-electron chi connectivity index (χ3n) is 16.2. The standard InChI is InChI=1S/C28H36N8O3.C27H34N8O3/c1-33(2)25(37)22-15-19-16-30-26(32-24(19)36(22)20-7-4-5-8-20)31-23-10-9-21(17-29-23)35-18-28(39-27(35)38)11-6-13-34(3)14-12-28;1-33(2)24(36)21-14-18-15-30-25(32-23(18)35(21)19-6-3-4-7-19)31-22-9-8-20(16-29-22)34-17-27(38-26(34)37)10-5-12-28-13-11-27/h9-10,15-17,20H,4-8,11-14,18H2,1-3H3,(H,29,30,31,32);8-9,14-16,19,28H,3-7,10-13,17H2,1-2H3,(H,29,30,31,32). The highest BCUT2D eigenvalue weighted by Crippen LogP contribution is 2.39. The van der Waals surface area contributed by atoms with Crippen LogP contribution in [-0.2, 0) is 9.47 Å². The van der Waals surface area contributed by atoms with Gasteiger partial charge in [-0.1, -0.05) is 25.7 Å². The summed E-state index contributed by atoms with van der Waals surface area (Å²) in [6, 6.07) is 11.6. The van der Waals surface area contributed by atoms with Gasteiger partial charge in [0.1, 0.15) is 45.5 Å². The molecule has 0 radical (unpaired) electrons. The number of ether oxygens (including phenoxy) is 2. The Balaban J connectivity index is 0.000000164. The van der Waals surface area contributed by atoms with E-state index in [-0.39, 0.29) is 36.1 Å². The maximum atomic E-state index is 13.0. The first-order valence-electron chi connectivity index (χ1n) is 27.3. The molecule has 22 nitrogen and oxygen atoms in total. The minimum Gasteiger partial charge on any atom is -0.441 e. The molecule has 2 unspecified atom stereocenters. The van der Waals surface area contributed by atoms with Gasteiger partial charge in [0.2, 0.25) is 11.9 Å². The predicted octanol–water partition coefficient (Wildman–Crippen LogP) is 8.05. The molecule has 2 atom stereocenters. The molecule has 10 heterocycles. The SMILES string of the molecule is CN(C)C(=O)c1cc2cnc(Nc3ccc(N4CC5(CCCNCC5)OC4=O)cn3)nc2n1C1CCCC1.CN1CCCC2(CC1)CN(c1ccc(Nc3ncc4cc(C(=O)N(C)C)n(C5CCCC5)c4n3)nc1)C(=O)O2. The van der Waals surface area contributed by atoms with Crippen molar-refractivity contribution in [2.24, 2.45) is 0 Å². The van der Waals surface area contributed by atoms with E-state index in [9.17, 15) is 19.2 Å². The number of likely N-dealkylation sites (tertiary alicyclic amines) is 1. The Bertz CT molecular complexity index is 3140. The number of fused-ring (bicyclic) bond motifs is 2. The predicted molar refractivity (Wildman–Crippen MR) is 292 cm³/mol. The van der Waals surface area contributed by atoms with E-state index in [4.69, 9.17) is 19.4 Å². The van der Waals surface area contributed by atoms with Gasteiger partial charge in [-0.3, -0.25) is 19.4 Å². The highest BCUT2D eigenvalue weighted by molar-refractivity contribution is 5.99. The Labute approximate surface area is 447 Å². The molecule has 6 fully saturated rings. The first-order chi connectivity index (χ1) is 37.2. The molecule has 6 aromatic heterocycles. The highest BCUT2D eigenvalue weighted by Gasteiger charge is 2.47. The maximum Gasteiger partial charge on any atom is 0.415 e. The van der Waals surface area contributed by atoms with Crippen molar-refractivity contribution in [3.63, 3.8) is 0 Å². The Kier molecular flexibility index (Phi) is 14.4. The Morgan fingerprint density at radius 3 is 1.55 bits per heavy atom. The molecular weight excluding hydrogens is 981 g/mol. The third kappa shape index (κ3) is 10.7. The second-order valence-corrected chi connectivity index (χ2v) is 22.1. The number of amides is 4. The fraction of sp³-hybridized carbons (Fsp3) is 0.527. The molecule has 4 saturated heterocycles. The Morgan fingerprint density at radius 2 is 1.08 bits per heavy atom. The topological polar surface area (TPSA) is 226 Å². The van der Waals surface area contributed by atoms with E-state index in [2.05, 4.69) is 57.0 Å². The van der Waals surface area contributed by atoms with Crippen molar-refractivity contribution in [3.8, 4) is 0 Å². The van der Waals surface area contributed by atoms with Crippen molar-refractivity contribution >= 4 is 81.0 Å². The molecule has 0 bridgehead atoms. The van der Waals surface area contributed by atoms with Gasteiger partial charge in [-0.25, -0.2) is 29.5 Å². The van der Waals surface area contributed by atoms with Crippen LogP contribution in [0.4, 0.5) is 44.5 Å². The van der Waals surface area contributed by atoms with Gasteiger partial charge in [0.25, 0.3) is 11.8 Å². The van der Waals surface area contributed by atoms with Gasteiger partial charge in [-0.2, -0.15) is 9.97 Å². The summed E-state index contributed by atoms with van der Waals surface area (Å²) in [7, 11) is 9.18. The fourth-order valence-corrected chi connectivity index (χ4v) is 12.0. The van der Waals surface area contributed by atoms with Gasteiger partial charge in [-0.05, 0) is 114 Å². The zero-order valence-electron chi connectivity index (χ0n) is 44.8. The van der Waals surface area contributed by atoms with Crippen LogP contribution in [0, 0.1) is 0 Å². The van der Waals surface area contributed by atoms with Crippen molar-refractivity contribution in [1.82, 2.24) is 59.1 Å². The van der Waals surface area contributed by atoms with Crippen LogP contribution in [0.25, 0.3) is 22.1 Å². The van der Waals surface area contributed by atoms with Gasteiger partial charge in [0.05, 0.1) is 36.9 Å². The van der Waals surface area contributed by atoms with E-state index in [1.807, 2.05) is 36.4 Å². The molecule has 3 N–H and O–H groups in total. The van der Waals surface area contributed by atoms with E-state index in [1.54, 1.807) is 72.6 Å². The molecule has 4 aliphatic heterocycles. The molecule has 4 amide bonds. The Hall–Kier alpha value is -7.46. The quantitative estimate of drug-likeness (QED) is 0.118. The lowest BCUT2D eigenvalue weighted by atomic mass is 9.95. The van der Waals surface area contributed by atoms with Crippen LogP contribution in [0.15, 0.2) is 61.2 Å². The van der Waals surface area contributed by atoms with Crippen molar-refractivity contribution in [2.75, 3.05) is 94.9 Å². The summed E-state index contributed by atoms with van der Waals surface area (Å²) in [6.45, 7) is 4.82. The minimum absolute atomic E-state index is 0.0373. The van der Waals surface area contributed by atoms with E-state index >= 15 is 0 Å². The largest absolute Gasteiger partial charge is 0.441 e. The molecule has 2 saturated carbocycles. The monoisotopic (exact) mass is 1050 g/mol. The fourth-order valence-electron chi connectivity index (χ4n) is 12.0. The molecule has 2 aliphatic carbocycles. The summed E-state index contributed by atoms with van der Waals surface area (Å²) < 4.78 is 15.9. The van der Waals surface area contributed by atoms with E-state index in [1.165, 1.54) is 0 Å². The molecule has 6 aromatic rings. The number of carbonyl (C=O) groups excluding carboxylic acids is 4. The number of nitrogens with zero attached hydrogens (tertiary/aromatic N) is 13. The third-order valence-corrected chi connectivity index (χ3v) is 16.2. The second kappa shape index (κ2) is 21.5. The smallest absolute Gasteiger partial charge is 0.415 e. The van der Waals surface area contributed by atoms with Gasteiger partial charge in [0.15, 0.2) is 0 Å². The molecule has 12 rings (SSSR count). The summed E-state index contributed by atoms with van der Waals surface area (Å²) >= 11 is 0. The van der Waals surface area contributed by atoms with Crippen molar-refractivity contribution in [2.45, 2.75) is 113 Å². The number of carbonyl (C=O) groups is 4. The first kappa shape index (κ1) is 51.6. The molecule has 2 spiro atoms. The summed E-state index contributed by atoms with van der Waals surface area (Å²) in [6.07, 6.45) is 20.3. The second-order valence-electron chi connectivity index (χ2n) is 22.1. The average molecular weight is 1050 g/mol. The molecule has 77 heavy (non-hydrogen) atoms. The summed E-state index contributed by atoms with van der Waals surface area (Å²) in [4.78, 5) is 87.8. The summed E-state index contributed by atoms with van der Waals surface area (Å²) in [5, 5.41) is 11.4. The molecule has 406 valence electrons. The van der Waals surface area contributed by atoms with Crippen molar-refractivity contribution in [1.29, 1.82) is 0 Å². The number of hydrogen-bond donors (Lipinski definition) is 3. The van der Waals surface area contributed by atoms with Crippen molar-refractivity contribution < 1.29 is 28.7 Å². The average Bonchev–Trinajstić information content (AvgIpc) is 4.31. The van der Waals surface area contributed by atoms with Crippen LogP contribution in [-0.4, -0.2) is 163 Å². The Morgan fingerprint density at radius 1 is 0.597 bits per heavy atom. The molecule has 0 aromatic carbocycles. The lowest BCUT2D eigenvalue weighted by molar-refractivity contribution is 0.0448. The molecule has 6 aliphatic rings. The van der Waals surface area contributed by atoms with Gasteiger partial charge in [-0.15, -0.1) is 0 Å². The van der Waals surface area contributed by atoms with Crippen LogP contribution in [0.1, 0.15) is 123 Å². The zero-order valence-corrected chi connectivity index (χ0v) is 44.8. The zero-order chi connectivity index (χ0) is 53.4. The summed E-state index contributed by atoms with van der Waals surface area (Å²) in [5.74, 6) is 1.88. The van der Waals surface area contributed by atoms with Crippen LogP contribution < -0.4 is 25.8 Å². The lowest BCUT2D eigenvalue weighted by Crippen LogP contribution is -2.35. The number of nitrogens with one attached hydrogen (secondary N) is 3. The number of pyridine rings is 2. The number of hydrogen-bond acceptors (Lipinski definition) is 16. The lowest BCUT2D eigenvalue weighted by Gasteiger charge is -2.25. The van der Waals surface area contributed by atoms with Crippen LogP contribution in [0.3, 0.4) is 0 Å². The van der Waals surface area contributed by atoms with Crippen LogP contribution in [0.2, 0.25) is 0 Å². The van der Waals surface area contributed by atoms with Gasteiger partial charge < -0.3 is 49.3 Å². The summed E-state index contributed by atoms with van der Waals surface area (Å²) in [5.41, 5.74) is 3.34. The first-order valence-corrected chi connectivity index (χ1v) is 27.3. The maximum absolute atomic E-state index is 13.0. The van der Waals surface area contributed by atoms with E-state index < -0.39 is 11.2 Å². The van der Waals surface area contributed by atoms with Crippen LogP contribution >= 0.6 is 0 Å². The van der Waals surface area contributed by atoms with Gasteiger partial charge >= 0.3 is 12.2 Å². The number of anilines is 6. The van der Waals surface area contributed by atoms with E-state index in [0.29, 0.717) is 59.4 Å². The highest BCUT2D eigenvalue weighted by atomic mass is 16.6. The minimum atomic E-state index is -0.429. The number of rotatable bonds is 10. The number of aromatic nitrogens is 8. The van der Waals surface area contributed by atoms with E-state index in [0.717, 1.165) is 138 Å². The molecular formula is C55H70N16O6. The van der Waals surface area contributed by atoms with Crippen molar-refractivity contribution in [3.05, 3.63) is 72.6 Å². The normalized spacial score (nSPS) is 22.3. The van der Waals surface area contributed by atoms with Gasteiger partial charge in [0, 0.05) is 82.8 Å². The van der Waals surface area contributed by atoms with Crippen LogP contribution in [0.5, 0.6) is 0 Å².